The minimum absolute atomic E-state index is 0.0551. The lowest BCUT2D eigenvalue weighted by Gasteiger charge is -2.08. The number of rotatable bonds is 5. The molecule has 0 saturated heterocycles. The highest BCUT2D eigenvalue weighted by Gasteiger charge is 2.14. The first-order valence-electron chi connectivity index (χ1n) is 9.53. The average molecular weight is 479 g/mol. The number of nitrogens with one attached hydrogen (secondary N) is 2. The molecular weight excluding hydrogens is 464 g/mol. The first-order chi connectivity index (χ1) is 15.8. The van der Waals surface area contributed by atoms with Crippen molar-refractivity contribution in [3.63, 3.8) is 0 Å². The van der Waals surface area contributed by atoms with Crippen molar-refractivity contribution in [3.8, 4) is 0 Å². The highest BCUT2D eigenvalue weighted by atomic mass is 35.5. The monoisotopic (exact) mass is 478 g/mol. The molecule has 0 spiro atoms. The number of fused-ring (bicyclic) bond motifs is 1. The molecule has 1 heterocycles. The summed E-state index contributed by atoms with van der Waals surface area (Å²) in [6, 6.07) is 18.6. The molecule has 0 aliphatic carbocycles. The van der Waals surface area contributed by atoms with E-state index >= 15 is 0 Å². The van der Waals surface area contributed by atoms with Gasteiger partial charge < -0.3 is 0 Å². The summed E-state index contributed by atoms with van der Waals surface area (Å²) in [5.41, 5.74) is 2.89. The van der Waals surface area contributed by atoms with Crippen LogP contribution in [0.4, 0.5) is 5.69 Å². The summed E-state index contributed by atoms with van der Waals surface area (Å²) in [5.74, 6) is 1.42. The molecule has 0 fully saturated rings. The first kappa shape index (κ1) is 22.2. The number of halogens is 1. The van der Waals surface area contributed by atoms with E-state index in [9.17, 15) is 18.0 Å². The normalized spacial score (nSPS) is 12.5. The summed E-state index contributed by atoms with van der Waals surface area (Å²) >= 11 is 5.79. The number of hydrazone groups is 1. The van der Waals surface area contributed by atoms with Crippen LogP contribution < -0.4 is 20.7 Å². The Balaban J connectivity index is 1.45. The van der Waals surface area contributed by atoms with Gasteiger partial charge in [-0.1, -0.05) is 29.8 Å². The largest absolute Gasteiger partial charge is 0.287 e. The minimum atomic E-state index is -3.80. The van der Waals surface area contributed by atoms with Gasteiger partial charge in [0.05, 0.1) is 10.3 Å². The Bertz CT molecular complexity index is 1540. The molecule has 0 bridgehead atoms. The van der Waals surface area contributed by atoms with Gasteiger partial charge >= 0.3 is 0 Å². The molecule has 2 amide bonds. The molecule has 0 saturated carbocycles. The molecule has 10 heteroatoms. The lowest BCUT2D eigenvalue weighted by atomic mass is 10.1. The molecule has 8 nitrogen and oxygen atoms in total. The number of para-hydroxylation sites is 1. The molecule has 33 heavy (non-hydrogen) atoms. The molecule has 164 valence electrons. The van der Waals surface area contributed by atoms with Gasteiger partial charge in [0.2, 0.25) is 0 Å². The summed E-state index contributed by atoms with van der Waals surface area (Å²) < 4.78 is 27.3. The summed E-state index contributed by atoms with van der Waals surface area (Å²) in [7, 11) is -3.80. The Labute approximate surface area is 193 Å². The molecule has 3 aromatic rings. The third kappa shape index (κ3) is 5.24. The van der Waals surface area contributed by atoms with Gasteiger partial charge in [0.25, 0.3) is 21.8 Å². The van der Waals surface area contributed by atoms with E-state index in [1.165, 1.54) is 48.5 Å². The van der Waals surface area contributed by atoms with Crippen molar-refractivity contribution < 1.29 is 18.0 Å². The molecule has 0 aromatic heterocycles. The van der Waals surface area contributed by atoms with E-state index in [0.29, 0.717) is 10.4 Å². The predicted octanol–water partition coefficient (Wildman–Crippen LogP) is 2.02. The number of carbonyl (C=O) groups is 2. The number of anilines is 1. The van der Waals surface area contributed by atoms with Gasteiger partial charge in [-0.25, -0.2) is 18.8 Å². The zero-order valence-corrected chi connectivity index (χ0v) is 18.4. The van der Waals surface area contributed by atoms with Crippen LogP contribution >= 0.6 is 11.6 Å². The van der Waals surface area contributed by atoms with Crippen molar-refractivity contribution in [2.24, 2.45) is 10.1 Å². The predicted molar refractivity (Wildman–Crippen MR) is 124 cm³/mol. The van der Waals surface area contributed by atoms with Gasteiger partial charge in [-0.15, -0.1) is 5.10 Å². The van der Waals surface area contributed by atoms with Crippen LogP contribution in [0.1, 0.15) is 10.4 Å². The van der Waals surface area contributed by atoms with E-state index in [4.69, 9.17) is 11.6 Å². The fraction of sp³-hybridized carbons (Fsp3) is 0. The van der Waals surface area contributed by atoms with E-state index in [2.05, 4.69) is 26.1 Å². The van der Waals surface area contributed by atoms with Gasteiger partial charge in [-0.05, 0) is 60.7 Å². The van der Waals surface area contributed by atoms with Crippen molar-refractivity contribution in [1.82, 2.24) is 5.43 Å². The fourth-order valence-corrected chi connectivity index (χ4v) is 4.08. The number of benzene rings is 3. The SMILES string of the molecule is O=C1N=c2ccccc2=CC1=C=NNC(=O)c1ccc(NS(=O)(=O)c2ccc(Cl)cc2)cc1. The van der Waals surface area contributed by atoms with E-state index in [1.54, 1.807) is 24.3 Å². The number of nitrogens with zero attached hydrogens (tertiary/aromatic N) is 2. The molecule has 1 aliphatic rings. The first-order valence-corrected chi connectivity index (χ1v) is 11.4. The van der Waals surface area contributed by atoms with Crippen LogP contribution in [0.5, 0.6) is 0 Å². The van der Waals surface area contributed by atoms with Crippen molar-refractivity contribution in [2.75, 3.05) is 4.72 Å². The van der Waals surface area contributed by atoms with Crippen LogP contribution in [0.15, 0.2) is 93.4 Å². The van der Waals surface area contributed by atoms with Gasteiger partial charge in [-0.2, -0.15) is 0 Å². The molecule has 3 aromatic carbocycles. The highest BCUT2D eigenvalue weighted by Crippen LogP contribution is 2.18. The maximum Gasteiger partial charge on any atom is 0.287 e. The van der Waals surface area contributed by atoms with Crippen LogP contribution in [0.2, 0.25) is 5.02 Å². The summed E-state index contributed by atoms with van der Waals surface area (Å²) in [6.45, 7) is 0. The highest BCUT2D eigenvalue weighted by molar-refractivity contribution is 7.92. The molecule has 0 radical (unpaired) electrons. The number of hydrogen-bond donors (Lipinski definition) is 2. The Kier molecular flexibility index (Phi) is 6.19. The lowest BCUT2D eigenvalue weighted by Crippen LogP contribution is -2.30. The van der Waals surface area contributed by atoms with Crippen LogP contribution in [0.25, 0.3) is 6.08 Å². The van der Waals surface area contributed by atoms with Crippen LogP contribution in [-0.2, 0) is 14.8 Å². The zero-order valence-electron chi connectivity index (χ0n) is 16.8. The fourth-order valence-electron chi connectivity index (χ4n) is 2.90. The summed E-state index contributed by atoms with van der Waals surface area (Å²) in [6.07, 6.45) is 1.59. The Morgan fingerprint density at radius 1 is 0.970 bits per heavy atom. The zero-order chi connectivity index (χ0) is 23.4. The Morgan fingerprint density at radius 3 is 2.39 bits per heavy atom. The number of sulfonamides is 1. The maximum atomic E-state index is 12.4. The molecule has 4 rings (SSSR count). The second-order valence-corrected chi connectivity index (χ2v) is 8.95. The number of hydrogen-bond acceptors (Lipinski definition) is 5. The van der Waals surface area contributed by atoms with Crippen molar-refractivity contribution in [3.05, 3.63) is 99.5 Å². The van der Waals surface area contributed by atoms with E-state index in [0.717, 1.165) is 5.22 Å². The van der Waals surface area contributed by atoms with E-state index < -0.39 is 21.8 Å². The quantitative estimate of drug-likeness (QED) is 0.331. The Hall–Kier alpha value is -4.04. The minimum Gasteiger partial charge on any atom is -0.280 e. The third-order valence-electron chi connectivity index (χ3n) is 4.55. The third-order valence-corrected chi connectivity index (χ3v) is 6.20. The van der Waals surface area contributed by atoms with Crippen LogP contribution in [0.3, 0.4) is 0 Å². The average Bonchev–Trinajstić information content (AvgIpc) is 2.80. The van der Waals surface area contributed by atoms with E-state index in [1.807, 2.05) is 6.07 Å². The topological polar surface area (TPSA) is 117 Å². The van der Waals surface area contributed by atoms with Crippen molar-refractivity contribution in [1.29, 1.82) is 0 Å². The standard InChI is InChI=1S/C23H15ClN4O4S/c24-18-7-11-20(12-8-18)33(31,32)28-19-9-5-15(6-10-19)23(30)27-25-14-17-13-16-3-1-2-4-21(16)26-22(17)29/h1-13,28H,(H,27,30). The second-order valence-electron chi connectivity index (χ2n) is 6.84. The molecule has 0 atom stereocenters. The Morgan fingerprint density at radius 2 is 1.67 bits per heavy atom. The van der Waals surface area contributed by atoms with Gasteiger partial charge in [-0.3, -0.25) is 14.3 Å². The number of carbonyl (C=O) groups excluding carboxylic acids is 2. The molecule has 2 N–H and O–H groups in total. The summed E-state index contributed by atoms with van der Waals surface area (Å²) in [4.78, 5) is 28.3. The molecular formula is C23H15ClN4O4S. The maximum absolute atomic E-state index is 12.4. The van der Waals surface area contributed by atoms with Gasteiger partial charge in [0, 0.05) is 27.4 Å². The van der Waals surface area contributed by atoms with Gasteiger partial charge in [0.15, 0.2) is 0 Å². The number of amides is 2. The van der Waals surface area contributed by atoms with E-state index in [-0.39, 0.29) is 21.7 Å². The van der Waals surface area contributed by atoms with Gasteiger partial charge in [0.1, 0.15) is 5.57 Å². The van der Waals surface area contributed by atoms with Crippen LogP contribution in [0, 0.1) is 0 Å². The van der Waals surface area contributed by atoms with Crippen LogP contribution in [-0.4, -0.2) is 26.1 Å². The van der Waals surface area contributed by atoms with Crippen molar-refractivity contribution >= 4 is 51.1 Å². The summed E-state index contributed by atoms with van der Waals surface area (Å²) in [5, 5.41) is 5.43. The lowest BCUT2D eigenvalue weighted by molar-refractivity contribution is -0.114. The molecule has 1 aliphatic heterocycles. The second kappa shape index (κ2) is 9.22. The van der Waals surface area contributed by atoms with Crippen molar-refractivity contribution in [2.45, 2.75) is 4.90 Å². The molecule has 0 unspecified atom stereocenters. The smallest absolute Gasteiger partial charge is 0.280 e.